The highest BCUT2D eigenvalue weighted by atomic mass is 32.2. The molecule has 0 amide bonds. The second-order valence-electron chi connectivity index (χ2n) is 2.00. The molecule has 0 spiro atoms. The van der Waals surface area contributed by atoms with Crippen molar-refractivity contribution >= 4 is 10.8 Å². The zero-order valence-corrected chi connectivity index (χ0v) is 6.33. The molecular weight excluding hydrogens is 152 g/mol. The maximum atomic E-state index is 10.6. The third kappa shape index (κ3) is 1.84. The number of nitrogens with one attached hydrogen (secondary N) is 2. The van der Waals surface area contributed by atoms with Crippen LogP contribution >= 0.6 is 0 Å². The minimum absolute atomic E-state index is 0.180. The van der Waals surface area contributed by atoms with Crippen LogP contribution in [0.1, 0.15) is 5.69 Å². The van der Waals surface area contributed by atoms with Crippen molar-refractivity contribution in [3.05, 3.63) is 22.1 Å². The van der Waals surface area contributed by atoms with E-state index < -0.39 is 10.8 Å². The van der Waals surface area contributed by atoms with Crippen molar-refractivity contribution in [2.75, 3.05) is 6.26 Å². The first kappa shape index (κ1) is 7.27. The maximum absolute atomic E-state index is 10.6. The van der Waals surface area contributed by atoms with E-state index in [1.165, 1.54) is 6.07 Å². The topological polar surface area (TPSA) is 65.7 Å². The molecule has 0 aromatic carbocycles. The molecule has 1 aromatic heterocycles. The van der Waals surface area contributed by atoms with Crippen LogP contribution in [0.2, 0.25) is 0 Å². The fourth-order valence-corrected chi connectivity index (χ4v) is 1.26. The molecule has 1 atom stereocenters. The molecule has 0 saturated heterocycles. The molecule has 56 valence electrons. The van der Waals surface area contributed by atoms with Crippen LogP contribution in [0.4, 0.5) is 0 Å². The Morgan fingerprint density at radius 3 is 2.70 bits per heavy atom. The maximum Gasteiger partial charge on any atom is 0.264 e. The van der Waals surface area contributed by atoms with E-state index >= 15 is 0 Å². The summed E-state index contributed by atoms with van der Waals surface area (Å²) in [6.45, 7) is 0. The SMILES string of the molecule is C[S@@](=O)Cc1cc(=O)[nH][nH]1. The molecule has 2 N–H and O–H groups in total. The quantitative estimate of drug-likeness (QED) is 0.617. The van der Waals surface area contributed by atoms with Gasteiger partial charge in [0, 0.05) is 28.8 Å². The monoisotopic (exact) mass is 160 g/mol. The standard InChI is InChI=1S/C5H8N2O2S/c1-10(9)3-4-2-5(8)7-6-4/h2H,3H2,1H3,(H2,6,7,8)/t10-/m1/s1. The zero-order chi connectivity index (χ0) is 7.56. The summed E-state index contributed by atoms with van der Waals surface area (Å²) < 4.78 is 10.6. The molecule has 0 unspecified atom stereocenters. The minimum Gasteiger partial charge on any atom is -0.301 e. The van der Waals surface area contributed by atoms with Crippen LogP contribution in [0.15, 0.2) is 10.9 Å². The molecule has 1 aromatic rings. The van der Waals surface area contributed by atoms with Gasteiger partial charge in [-0.25, -0.2) is 0 Å². The van der Waals surface area contributed by atoms with Crippen molar-refractivity contribution in [2.45, 2.75) is 5.75 Å². The van der Waals surface area contributed by atoms with Crippen LogP contribution in [-0.4, -0.2) is 20.7 Å². The van der Waals surface area contributed by atoms with Crippen molar-refractivity contribution in [2.24, 2.45) is 0 Å². The summed E-state index contributed by atoms with van der Waals surface area (Å²) in [5.41, 5.74) is 0.506. The molecule has 5 heteroatoms. The minimum atomic E-state index is -0.893. The third-order valence-electron chi connectivity index (χ3n) is 1.01. The molecule has 0 fully saturated rings. The molecule has 10 heavy (non-hydrogen) atoms. The van der Waals surface area contributed by atoms with E-state index in [0.29, 0.717) is 11.4 Å². The van der Waals surface area contributed by atoms with E-state index in [0.717, 1.165) is 0 Å². The van der Waals surface area contributed by atoms with Crippen molar-refractivity contribution in [3.8, 4) is 0 Å². The second-order valence-corrected chi connectivity index (χ2v) is 3.44. The normalized spacial score (nSPS) is 13.3. The van der Waals surface area contributed by atoms with Gasteiger partial charge in [0.2, 0.25) is 0 Å². The molecule has 0 saturated carbocycles. The highest BCUT2D eigenvalue weighted by Gasteiger charge is 1.96. The Bertz CT molecular complexity index is 288. The number of hydrogen-bond acceptors (Lipinski definition) is 2. The van der Waals surface area contributed by atoms with Crippen LogP contribution in [0.3, 0.4) is 0 Å². The van der Waals surface area contributed by atoms with E-state index in [9.17, 15) is 9.00 Å². The van der Waals surface area contributed by atoms with Gasteiger partial charge in [-0.2, -0.15) is 0 Å². The first-order chi connectivity index (χ1) is 4.68. The number of hydrogen-bond donors (Lipinski definition) is 2. The molecular formula is C5H8N2O2S. The molecule has 1 rings (SSSR count). The van der Waals surface area contributed by atoms with Crippen LogP contribution < -0.4 is 5.56 Å². The van der Waals surface area contributed by atoms with Gasteiger partial charge in [0.25, 0.3) is 5.56 Å². The molecule has 0 radical (unpaired) electrons. The summed E-state index contributed by atoms with van der Waals surface area (Å²) in [5.74, 6) is 0.402. The average molecular weight is 160 g/mol. The van der Waals surface area contributed by atoms with Crippen molar-refractivity contribution in [3.63, 3.8) is 0 Å². The highest BCUT2D eigenvalue weighted by molar-refractivity contribution is 7.83. The third-order valence-corrected chi connectivity index (χ3v) is 1.73. The molecule has 0 aliphatic heterocycles. The second kappa shape index (κ2) is 2.83. The van der Waals surface area contributed by atoms with Crippen LogP contribution in [-0.2, 0) is 16.6 Å². The van der Waals surface area contributed by atoms with Gasteiger partial charge in [0.15, 0.2) is 0 Å². The van der Waals surface area contributed by atoms with Crippen LogP contribution in [0.5, 0.6) is 0 Å². The smallest absolute Gasteiger partial charge is 0.264 e. The molecule has 0 bridgehead atoms. The van der Waals surface area contributed by atoms with E-state index in [2.05, 4.69) is 10.2 Å². The van der Waals surface area contributed by atoms with Gasteiger partial charge in [0.1, 0.15) is 0 Å². The fourth-order valence-electron chi connectivity index (χ4n) is 0.669. The fraction of sp³-hybridized carbons (Fsp3) is 0.400. The van der Waals surface area contributed by atoms with E-state index in [1.807, 2.05) is 0 Å². The first-order valence-electron chi connectivity index (χ1n) is 2.75. The average Bonchev–Trinajstić information content (AvgIpc) is 2.13. The Morgan fingerprint density at radius 2 is 2.30 bits per heavy atom. The number of H-pyrrole nitrogens is 2. The van der Waals surface area contributed by atoms with E-state index in [4.69, 9.17) is 0 Å². The summed E-state index contributed by atoms with van der Waals surface area (Å²) in [6.07, 6.45) is 1.59. The van der Waals surface area contributed by atoms with Gasteiger partial charge in [-0.1, -0.05) is 0 Å². The van der Waals surface area contributed by atoms with Crippen molar-refractivity contribution in [1.82, 2.24) is 10.2 Å². The molecule has 1 heterocycles. The number of aromatic amines is 2. The summed E-state index contributed by atoms with van der Waals surface area (Å²) in [5, 5.41) is 4.97. The molecule has 4 nitrogen and oxygen atoms in total. The lowest BCUT2D eigenvalue weighted by Gasteiger charge is -1.88. The van der Waals surface area contributed by atoms with Gasteiger partial charge in [-0.05, 0) is 0 Å². The van der Waals surface area contributed by atoms with Gasteiger partial charge in [0.05, 0.1) is 5.75 Å². The van der Waals surface area contributed by atoms with Gasteiger partial charge in [-0.3, -0.25) is 14.1 Å². The highest BCUT2D eigenvalue weighted by Crippen LogP contribution is 1.91. The van der Waals surface area contributed by atoms with Crippen molar-refractivity contribution < 1.29 is 4.21 Å². The van der Waals surface area contributed by atoms with E-state index in [-0.39, 0.29) is 5.56 Å². The lowest BCUT2D eigenvalue weighted by atomic mass is 10.5. The summed E-state index contributed by atoms with van der Waals surface area (Å²) in [6, 6.07) is 1.40. The zero-order valence-electron chi connectivity index (χ0n) is 5.51. The van der Waals surface area contributed by atoms with Crippen LogP contribution in [0.25, 0.3) is 0 Å². The predicted molar refractivity (Wildman–Crippen MR) is 39.2 cm³/mol. The van der Waals surface area contributed by atoms with Crippen molar-refractivity contribution in [1.29, 1.82) is 0 Å². The molecule has 0 aliphatic carbocycles. The van der Waals surface area contributed by atoms with Gasteiger partial charge >= 0.3 is 0 Å². The van der Waals surface area contributed by atoms with Gasteiger partial charge < -0.3 is 5.10 Å². The summed E-state index contributed by atoms with van der Waals surface area (Å²) >= 11 is 0. The Labute approximate surface area is 60.1 Å². The van der Waals surface area contributed by atoms with Crippen LogP contribution in [0, 0.1) is 0 Å². The largest absolute Gasteiger partial charge is 0.301 e. The number of aromatic nitrogens is 2. The number of rotatable bonds is 2. The Morgan fingerprint density at radius 1 is 1.60 bits per heavy atom. The Balaban J connectivity index is 2.76. The summed E-state index contributed by atoms with van der Waals surface area (Å²) in [7, 11) is -0.893. The Hall–Kier alpha value is -0.840. The predicted octanol–water partition coefficient (Wildman–Crippen LogP) is -0.419. The summed E-state index contributed by atoms with van der Waals surface area (Å²) in [4.78, 5) is 10.5. The Kier molecular flexibility index (Phi) is 2.06. The van der Waals surface area contributed by atoms with Gasteiger partial charge in [-0.15, -0.1) is 0 Å². The first-order valence-corrected chi connectivity index (χ1v) is 4.48. The lowest BCUT2D eigenvalue weighted by Crippen LogP contribution is -1.94. The molecule has 0 aliphatic rings. The van der Waals surface area contributed by atoms with E-state index in [1.54, 1.807) is 6.26 Å². The lowest BCUT2D eigenvalue weighted by molar-refractivity contribution is 0.685.